The van der Waals surface area contributed by atoms with Crippen LogP contribution < -0.4 is 31.3 Å². The summed E-state index contributed by atoms with van der Waals surface area (Å²) in [4.78, 5) is 70.9. The van der Waals surface area contributed by atoms with E-state index in [9.17, 15) is 73.8 Å². The molecule has 81 heavy (non-hydrogen) atoms. The number of aromatic carboxylic acids is 1. The molecular weight excluding hydrogens is 1250 g/mol. The number of benzene rings is 3. The van der Waals surface area contributed by atoms with Crippen molar-refractivity contribution in [2.75, 3.05) is 43.8 Å². The van der Waals surface area contributed by atoms with Gasteiger partial charge in [-0.25, -0.2) is 13.7 Å². The average Bonchev–Trinajstić information content (AvgIpc) is 3.37. The lowest BCUT2D eigenvalue weighted by Crippen LogP contribution is -2.39. The molecule has 0 aromatic heterocycles. The summed E-state index contributed by atoms with van der Waals surface area (Å²) in [6.07, 6.45) is 4.46. The number of anilines is 1. The summed E-state index contributed by atoms with van der Waals surface area (Å²) in [5.74, 6) is -6.25. The zero-order valence-electron chi connectivity index (χ0n) is 45.0. The van der Waals surface area contributed by atoms with Gasteiger partial charge in [-0.2, -0.15) is 16.8 Å². The number of rotatable bonds is 26. The van der Waals surface area contributed by atoms with Gasteiger partial charge in [0, 0.05) is 59.0 Å². The van der Waals surface area contributed by atoms with Gasteiger partial charge in [0.1, 0.15) is 0 Å². The maximum absolute atomic E-state index is 13.7. The second-order valence-corrected chi connectivity index (χ2v) is 31.9. The fourth-order valence-electron chi connectivity index (χ4n) is 10.1. The first-order chi connectivity index (χ1) is 37.3. The molecule has 5 atom stereocenters. The molecule has 3 aliphatic rings. The monoisotopic (exact) mass is 1310 g/mol. The van der Waals surface area contributed by atoms with Crippen LogP contribution in [0.3, 0.4) is 0 Å². The number of nitrogens with zero attached hydrogens (tertiary/aromatic N) is 1. The summed E-state index contributed by atoms with van der Waals surface area (Å²) >= 11 is 21.7. The Morgan fingerprint density at radius 1 is 0.802 bits per heavy atom. The Balaban J connectivity index is 1.18. The lowest BCUT2D eigenvalue weighted by molar-refractivity contribution is -0.121. The average molecular weight is 1310 g/mol. The van der Waals surface area contributed by atoms with Crippen LogP contribution in [-0.4, -0.2) is 113 Å². The van der Waals surface area contributed by atoms with Crippen molar-refractivity contribution in [2.24, 2.45) is 4.99 Å². The molecule has 0 saturated carbocycles. The Kier molecular flexibility index (Phi) is 21.3. The molecule has 3 aromatic carbocycles. The van der Waals surface area contributed by atoms with Crippen molar-refractivity contribution in [2.45, 2.75) is 143 Å². The van der Waals surface area contributed by atoms with Crippen molar-refractivity contribution >= 4 is 119 Å². The number of halogens is 3. The smallest absolute Gasteiger partial charge is 0.478 e. The number of hydrogen-bond acceptors (Lipinski definition) is 17. The summed E-state index contributed by atoms with van der Waals surface area (Å²) in [5.41, 5.74) is -2.46. The standard InChI is InChI=1S/C48H64Cl3N4O20P3S3/c1-25-21-47(3,4)54-39-27(25)19-29-33(30-20-28-26(2)22-48(5,6)55-40(28)45(81(69,70)71)42(30)74-41(29)44(39)80(66,67)68)34-35(46(58)59)36(49)38(51)43(37(34)50)79-23-32(57)53-17-13-10-11-15-31(56)52-16-12-8-9-14-18-73-78(64,65)75-77(62,63)24-76(60,61)72-7/h19-20,25-26,54H,8-18,21-24H2,1-7H3,(H,52,56)(H,53,57)(H,58,59)(H,60,61)(H,62,63)(H,64,65)(H,66,67,68)(H,69,70,71). The van der Waals surface area contributed by atoms with E-state index in [0.29, 0.717) is 69.0 Å². The third-order valence-corrected chi connectivity index (χ3v) is 23.5. The molecule has 6 rings (SSSR count). The van der Waals surface area contributed by atoms with Crippen LogP contribution in [0.2, 0.25) is 15.1 Å². The molecule has 3 heterocycles. The van der Waals surface area contributed by atoms with Gasteiger partial charge in [0.2, 0.25) is 11.8 Å². The summed E-state index contributed by atoms with van der Waals surface area (Å²) < 4.78 is 132. The molecule has 0 aliphatic carbocycles. The van der Waals surface area contributed by atoms with Crippen LogP contribution >= 0.6 is 69.6 Å². The number of phosphoric ester groups is 1. The number of carboxylic acids is 1. The fraction of sp³-hybridized carbons (Fsp3) is 0.542. The molecule has 0 radical (unpaired) electrons. The largest absolute Gasteiger partial charge is 0.479 e. The molecule has 5 unspecified atom stereocenters. The summed E-state index contributed by atoms with van der Waals surface area (Å²) in [7, 11) is -24.4. The van der Waals surface area contributed by atoms with Crippen molar-refractivity contribution in [3.63, 3.8) is 0 Å². The predicted molar refractivity (Wildman–Crippen MR) is 303 cm³/mol. The number of carboxylic acid groups (broad SMARTS) is 1. The minimum atomic E-state index is -5.33. The highest BCUT2D eigenvalue weighted by Gasteiger charge is 2.44. The molecule has 2 amide bonds. The number of hydrogen-bond donors (Lipinski definition) is 9. The van der Waals surface area contributed by atoms with E-state index < -0.39 is 116 Å². The van der Waals surface area contributed by atoms with Gasteiger partial charge in [0.15, 0.2) is 27.2 Å². The fourth-order valence-corrected chi connectivity index (χ4v) is 18.5. The van der Waals surface area contributed by atoms with Gasteiger partial charge in [-0.15, -0.1) is 11.8 Å². The van der Waals surface area contributed by atoms with E-state index in [1.807, 2.05) is 6.92 Å². The maximum atomic E-state index is 13.7. The first kappa shape index (κ1) is 67.0. The highest BCUT2D eigenvalue weighted by atomic mass is 35.5. The van der Waals surface area contributed by atoms with Gasteiger partial charge >= 0.3 is 29.0 Å². The van der Waals surface area contributed by atoms with Crippen LogP contribution in [0.4, 0.5) is 5.69 Å². The molecule has 9 N–H and O–H groups in total. The van der Waals surface area contributed by atoms with Crippen molar-refractivity contribution in [3.05, 3.63) is 65.6 Å². The lowest BCUT2D eigenvalue weighted by Gasteiger charge is -2.40. The van der Waals surface area contributed by atoms with E-state index in [-0.39, 0.29) is 85.6 Å². The molecule has 24 nitrogen and oxygen atoms in total. The Morgan fingerprint density at radius 2 is 1.40 bits per heavy atom. The summed E-state index contributed by atoms with van der Waals surface area (Å²) in [6.45, 7) is 11.0. The highest BCUT2D eigenvalue weighted by molar-refractivity contribution is 8.00. The van der Waals surface area contributed by atoms with Gasteiger partial charge in [-0.1, -0.05) is 67.9 Å². The topological polar surface area (TPSA) is 377 Å². The van der Waals surface area contributed by atoms with Crippen LogP contribution in [0.5, 0.6) is 11.5 Å². The second-order valence-electron chi connectivity index (χ2n) is 21.2. The van der Waals surface area contributed by atoms with Crippen molar-refractivity contribution < 1.29 is 91.9 Å². The zero-order chi connectivity index (χ0) is 60.6. The van der Waals surface area contributed by atoms with Gasteiger partial charge < -0.3 is 45.0 Å². The molecule has 3 aromatic rings. The van der Waals surface area contributed by atoms with E-state index in [4.69, 9.17) is 44.5 Å². The third kappa shape index (κ3) is 16.4. The van der Waals surface area contributed by atoms with E-state index >= 15 is 0 Å². The SMILES string of the molecule is COP(=O)(O)CP(=O)(O)OP(=O)(O)OCCCCCCNC(=O)CCCCCNC(=O)CSc1c(Cl)c(Cl)c(C(=O)O)c(C2=c3cc4c(c(S(=O)(=O)O)c3Oc3c2cc2c(c3S(=O)(=O)O)NC(C)(C)CC2C)=NC(C)(C)CC4C)c1Cl. The Hall–Kier alpha value is -3.17. The Morgan fingerprint density at radius 3 is 2.00 bits per heavy atom. The number of fused-ring (bicyclic) bond motifs is 4. The van der Waals surface area contributed by atoms with E-state index in [0.717, 1.165) is 18.9 Å². The first-order valence-electron chi connectivity index (χ1n) is 25.2. The van der Waals surface area contributed by atoms with E-state index in [1.54, 1.807) is 34.6 Å². The normalized spacial score (nSPS) is 19.4. The van der Waals surface area contributed by atoms with Gasteiger partial charge in [0.25, 0.3) is 20.2 Å². The summed E-state index contributed by atoms with van der Waals surface area (Å²) in [6, 6.07) is 3.05. The van der Waals surface area contributed by atoms with Crippen LogP contribution in [0, 0.1) is 0 Å². The van der Waals surface area contributed by atoms with Crippen LogP contribution in [0.1, 0.15) is 150 Å². The van der Waals surface area contributed by atoms with E-state index in [2.05, 4.69) is 29.3 Å². The van der Waals surface area contributed by atoms with Gasteiger partial charge in [-0.3, -0.25) is 37.3 Å². The maximum Gasteiger partial charge on any atom is 0.479 e. The highest BCUT2D eigenvalue weighted by Crippen LogP contribution is 2.66. The minimum Gasteiger partial charge on any atom is -0.478 e. The Bertz CT molecular complexity index is 3550. The number of amides is 2. The van der Waals surface area contributed by atoms with Crippen molar-refractivity contribution in [1.82, 2.24) is 10.6 Å². The molecule has 0 spiro atoms. The number of thioether (sulfide) groups is 1. The number of ether oxygens (including phenoxy) is 1. The Labute approximate surface area is 487 Å². The van der Waals surface area contributed by atoms with Gasteiger partial charge in [-0.05, 0) is 101 Å². The number of nitrogens with one attached hydrogen (secondary N) is 3. The van der Waals surface area contributed by atoms with Crippen molar-refractivity contribution in [1.29, 1.82) is 0 Å². The molecule has 0 fully saturated rings. The predicted octanol–water partition coefficient (Wildman–Crippen LogP) is 9.35. The molecule has 450 valence electrons. The second kappa shape index (κ2) is 25.8. The van der Waals surface area contributed by atoms with Gasteiger partial charge in [0.05, 0.1) is 49.6 Å². The minimum absolute atomic E-state index is 0.0650. The third-order valence-electron chi connectivity index (χ3n) is 13.3. The molecule has 33 heteroatoms. The number of phosphoric acid groups is 1. The molecule has 0 bridgehead atoms. The van der Waals surface area contributed by atoms with Crippen LogP contribution in [0.15, 0.2) is 31.8 Å². The quantitative estimate of drug-likeness (QED) is 0.00928. The molecule has 3 aliphatic heterocycles. The lowest BCUT2D eigenvalue weighted by atomic mass is 9.79. The van der Waals surface area contributed by atoms with Crippen molar-refractivity contribution in [3.8, 4) is 11.5 Å². The summed E-state index contributed by atoms with van der Waals surface area (Å²) in [5, 5.41) is 18.0. The zero-order valence-corrected chi connectivity index (χ0v) is 52.4. The molecule has 0 saturated heterocycles. The van der Waals surface area contributed by atoms with Crippen LogP contribution in [-0.2, 0) is 56.9 Å². The molecular formula is C48H64Cl3N4O20P3S3. The van der Waals surface area contributed by atoms with E-state index in [1.165, 1.54) is 12.1 Å². The number of carbonyl (C=O) groups excluding carboxylic acids is 2. The van der Waals surface area contributed by atoms with Crippen LogP contribution in [0.25, 0.3) is 5.57 Å². The first-order valence-corrected chi connectivity index (χ1v) is 35.2. The number of carbonyl (C=O) groups is 3. The number of unbranched alkanes of at least 4 members (excludes halogenated alkanes) is 5.